The first-order chi connectivity index (χ1) is 7.99. The average Bonchev–Trinajstić information content (AvgIpc) is 2.47. The van der Waals surface area contributed by atoms with E-state index in [0.717, 1.165) is 25.7 Å². The summed E-state index contributed by atoms with van der Waals surface area (Å²) >= 11 is 0. The van der Waals surface area contributed by atoms with Crippen molar-refractivity contribution in [3.63, 3.8) is 0 Å². The van der Waals surface area contributed by atoms with Crippen LogP contribution in [0.15, 0.2) is 0 Å². The third-order valence-corrected chi connectivity index (χ3v) is 5.60. The van der Waals surface area contributed by atoms with Crippen molar-refractivity contribution in [3.05, 3.63) is 0 Å². The maximum atomic E-state index is 11.3. The van der Waals surface area contributed by atoms with Gasteiger partial charge >= 0.3 is 0 Å². The standard InChI is InChI=1S/C12H23NO3S/c14-12(5-3-1-2-4-6-12)11-13-7-9-17(15,16)10-8-13/h14H,1-11H2. The van der Waals surface area contributed by atoms with E-state index in [-0.39, 0.29) is 11.5 Å². The number of hydrogen-bond acceptors (Lipinski definition) is 4. The molecule has 0 radical (unpaired) electrons. The number of β-amino-alcohol motifs (C(OH)–C–C–N with tert-alkyl or cyclic N) is 1. The zero-order chi connectivity index (χ0) is 12.4. The molecule has 0 atom stereocenters. The third kappa shape index (κ3) is 3.93. The first kappa shape index (κ1) is 13.3. The van der Waals surface area contributed by atoms with Crippen LogP contribution >= 0.6 is 0 Å². The molecule has 1 saturated heterocycles. The Kier molecular flexibility index (Phi) is 4.10. The van der Waals surface area contributed by atoms with E-state index < -0.39 is 15.4 Å². The predicted octanol–water partition coefficient (Wildman–Crippen LogP) is 0.802. The Bertz CT molecular complexity index is 331. The lowest BCUT2D eigenvalue weighted by molar-refractivity contribution is -0.00740. The fraction of sp³-hybridized carbons (Fsp3) is 1.00. The van der Waals surface area contributed by atoms with E-state index in [0.29, 0.717) is 19.6 Å². The van der Waals surface area contributed by atoms with E-state index >= 15 is 0 Å². The molecular weight excluding hydrogens is 238 g/mol. The zero-order valence-corrected chi connectivity index (χ0v) is 11.2. The van der Waals surface area contributed by atoms with Gasteiger partial charge in [-0.1, -0.05) is 25.7 Å². The Morgan fingerprint density at radius 3 is 2.06 bits per heavy atom. The van der Waals surface area contributed by atoms with Crippen molar-refractivity contribution < 1.29 is 13.5 Å². The molecule has 2 aliphatic rings. The van der Waals surface area contributed by atoms with Gasteiger partial charge < -0.3 is 5.11 Å². The van der Waals surface area contributed by atoms with Crippen molar-refractivity contribution in [1.29, 1.82) is 0 Å². The Morgan fingerprint density at radius 1 is 1.00 bits per heavy atom. The topological polar surface area (TPSA) is 57.6 Å². The quantitative estimate of drug-likeness (QED) is 0.747. The maximum Gasteiger partial charge on any atom is 0.152 e. The van der Waals surface area contributed by atoms with Crippen LogP contribution in [0.5, 0.6) is 0 Å². The molecule has 17 heavy (non-hydrogen) atoms. The molecule has 0 spiro atoms. The van der Waals surface area contributed by atoms with Crippen LogP contribution < -0.4 is 0 Å². The summed E-state index contributed by atoms with van der Waals surface area (Å²) < 4.78 is 22.7. The van der Waals surface area contributed by atoms with Crippen LogP contribution in [0, 0.1) is 0 Å². The van der Waals surface area contributed by atoms with E-state index in [1.807, 2.05) is 0 Å². The van der Waals surface area contributed by atoms with Gasteiger partial charge in [0, 0.05) is 19.6 Å². The molecule has 2 fully saturated rings. The number of rotatable bonds is 2. The number of nitrogens with zero attached hydrogens (tertiary/aromatic N) is 1. The summed E-state index contributed by atoms with van der Waals surface area (Å²) in [5.41, 5.74) is -0.572. The van der Waals surface area contributed by atoms with E-state index in [1.165, 1.54) is 12.8 Å². The van der Waals surface area contributed by atoms with E-state index in [9.17, 15) is 13.5 Å². The van der Waals surface area contributed by atoms with Gasteiger partial charge in [0.1, 0.15) is 0 Å². The van der Waals surface area contributed by atoms with Crippen LogP contribution in [0.1, 0.15) is 38.5 Å². The molecule has 0 bridgehead atoms. The molecule has 0 aromatic heterocycles. The van der Waals surface area contributed by atoms with Crippen LogP contribution in [0.2, 0.25) is 0 Å². The van der Waals surface area contributed by atoms with Crippen molar-refractivity contribution >= 4 is 9.84 Å². The lowest BCUT2D eigenvalue weighted by atomic mass is 9.94. The van der Waals surface area contributed by atoms with Crippen molar-refractivity contribution in [2.75, 3.05) is 31.1 Å². The maximum absolute atomic E-state index is 11.3. The highest BCUT2D eigenvalue weighted by Gasteiger charge is 2.32. The molecule has 5 heteroatoms. The Hall–Kier alpha value is -0.130. The molecule has 0 aromatic rings. The average molecular weight is 261 g/mol. The predicted molar refractivity (Wildman–Crippen MR) is 67.7 cm³/mol. The largest absolute Gasteiger partial charge is 0.389 e. The molecule has 0 aromatic carbocycles. The Morgan fingerprint density at radius 2 is 1.53 bits per heavy atom. The molecule has 1 aliphatic heterocycles. The van der Waals surface area contributed by atoms with Gasteiger partial charge in [-0.15, -0.1) is 0 Å². The van der Waals surface area contributed by atoms with Crippen molar-refractivity contribution in [2.45, 2.75) is 44.1 Å². The summed E-state index contributed by atoms with van der Waals surface area (Å²) in [5, 5.41) is 10.5. The second-order valence-corrected chi connectivity index (χ2v) is 7.87. The summed E-state index contributed by atoms with van der Waals surface area (Å²) in [6.45, 7) is 1.83. The number of aliphatic hydroxyl groups is 1. The SMILES string of the molecule is O=S1(=O)CCN(CC2(O)CCCCCC2)CC1. The van der Waals surface area contributed by atoms with Crippen LogP contribution in [-0.2, 0) is 9.84 Å². The molecule has 100 valence electrons. The monoisotopic (exact) mass is 261 g/mol. The molecular formula is C12H23NO3S. The summed E-state index contributed by atoms with van der Waals surface area (Å²) in [6.07, 6.45) is 6.38. The molecule has 0 amide bonds. The van der Waals surface area contributed by atoms with Crippen molar-refractivity contribution in [2.24, 2.45) is 0 Å². The fourth-order valence-corrected chi connectivity index (χ4v) is 4.15. The van der Waals surface area contributed by atoms with Crippen molar-refractivity contribution in [3.8, 4) is 0 Å². The van der Waals surface area contributed by atoms with E-state index in [2.05, 4.69) is 4.90 Å². The fourth-order valence-electron chi connectivity index (χ4n) is 2.87. The molecule has 2 rings (SSSR count). The first-order valence-corrected chi connectivity index (χ1v) is 8.47. The number of sulfone groups is 1. The van der Waals surface area contributed by atoms with Gasteiger partial charge in [0.2, 0.25) is 0 Å². The minimum Gasteiger partial charge on any atom is -0.389 e. The van der Waals surface area contributed by atoms with Gasteiger partial charge in [0.15, 0.2) is 9.84 Å². The van der Waals surface area contributed by atoms with Crippen LogP contribution in [0.25, 0.3) is 0 Å². The second kappa shape index (κ2) is 5.24. The van der Waals surface area contributed by atoms with Gasteiger partial charge in [0.05, 0.1) is 17.1 Å². The molecule has 4 nitrogen and oxygen atoms in total. The Labute approximate surface area is 104 Å². The van der Waals surface area contributed by atoms with Gasteiger partial charge in [-0.2, -0.15) is 0 Å². The van der Waals surface area contributed by atoms with Crippen LogP contribution in [-0.4, -0.2) is 55.2 Å². The van der Waals surface area contributed by atoms with Gasteiger partial charge in [-0.3, -0.25) is 4.90 Å². The summed E-state index contributed by atoms with van der Waals surface area (Å²) in [4.78, 5) is 2.12. The van der Waals surface area contributed by atoms with Gasteiger partial charge in [0.25, 0.3) is 0 Å². The first-order valence-electron chi connectivity index (χ1n) is 6.64. The summed E-state index contributed by atoms with van der Waals surface area (Å²) in [7, 11) is -2.81. The highest BCUT2D eigenvalue weighted by molar-refractivity contribution is 7.91. The summed E-state index contributed by atoms with van der Waals surface area (Å²) in [5.74, 6) is 0.506. The Balaban J connectivity index is 1.87. The normalized spacial score (nSPS) is 29.7. The lowest BCUT2D eigenvalue weighted by Crippen LogP contribution is -2.48. The lowest BCUT2D eigenvalue weighted by Gasteiger charge is -2.35. The minimum atomic E-state index is -2.81. The molecule has 1 heterocycles. The van der Waals surface area contributed by atoms with Crippen molar-refractivity contribution in [1.82, 2.24) is 4.90 Å². The van der Waals surface area contributed by atoms with Crippen LogP contribution in [0.3, 0.4) is 0 Å². The number of hydrogen-bond donors (Lipinski definition) is 1. The molecule has 1 saturated carbocycles. The highest BCUT2D eigenvalue weighted by atomic mass is 32.2. The van der Waals surface area contributed by atoms with Crippen LogP contribution in [0.4, 0.5) is 0 Å². The van der Waals surface area contributed by atoms with Gasteiger partial charge in [-0.05, 0) is 12.8 Å². The highest BCUT2D eigenvalue weighted by Crippen LogP contribution is 2.28. The summed E-state index contributed by atoms with van der Waals surface area (Å²) in [6, 6.07) is 0. The van der Waals surface area contributed by atoms with E-state index in [1.54, 1.807) is 0 Å². The second-order valence-electron chi connectivity index (χ2n) is 5.57. The van der Waals surface area contributed by atoms with E-state index in [4.69, 9.17) is 0 Å². The zero-order valence-electron chi connectivity index (χ0n) is 10.4. The smallest absolute Gasteiger partial charge is 0.152 e. The molecule has 1 aliphatic carbocycles. The minimum absolute atomic E-state index is 0.253. The molecule has 0 unspecified atom stereocenters. The van der Waals surface area contributed by atoms with Gasteiger partial charge in [-0.25, -0.2) is 8.42 Å². The third-order valence-electron chi connectivity index (χ3n) is 3.99. The molecule has 1 N–H and O–H groups in total.